The van der Waals surface area contributed by atoms with Crippen molar-refractivity contribution >= 4 is 22.2 Å². The molecule has 0 aliphatic carbocycles. The van der Waals surface area contributed by atoms with Gasteiger partial charge in [0.1, 0.15) is 0 Å². The smallest absolute Gasteiger partial charge is 0.261 e. The first-order valence-electron chi connectivity index (χ1n) is 9.54. The number of fused-ring (bicyclic) bond motifs is 1. The molecule has 6 heteroatoms. The lowest BCUT2D eigenvalue weighted by Crippen LogP contribution is -2.48. The van der Waals surface area contributed by atoms with E-state index in [-0.39, 0.29) is 5.56 Å². The third kappa shape index (κ3) is 4.29. The number of aryl methyl sites for hydroxylation is 1. The number of hydrogen-bond acceptors (Lipinski definition) is 5. The van der Waals surface area contributed by atoms with Crippen molar-refractivity contribution < 1.29 is 5.11 Å². The molecule has 4 rings (SSSR count). The summed E-state index contributed by atoms with van der Waals surface area (Å²) in [7, 11) is 0. The summed E-state index contributed by atoms with van der Waals surface area (Å²) in [5.41, 5.74) is -0.211. The second-order valence-corrected chi connectivity index (χ2v) is 8.48. The lowest BCUT2D eigenvalue weighted by atomic mass is 9.91. The van der Waals surface area contributed by atoms with Crippen molar-refractivity contribution in [3.63, 3.8) is 0 Å². The van der Waals surface area contributed by atoms with E-state index in [1.54, 1.807) is 17.0 Å². The summed E-state index contributed by atoms with van der Waals surface area (Å²) in [5, 5.41) is 13.7. The number of hydrogen-bond donors (Lipinski definition) is 1. The van der Waals surface area contributed by atoms with Gasteiger partial charge in [0.05, 0.1) is 29.4 Å². The van der Waals surface area contributed by atoms with Crippen LogP contribution in [0.5, 0.6) is 0 Å². The van der Waals surface area contributed by atoms with Crippen molar-refractivity contribution in [1.29, 1.82) is 0 Å². The van der Waals surface area contributed by atoms with E-state index in [9.17, 15) is 9.90 Å². The fourth-order valence-corrected chi connectivity index (χ4v) is 4.57. The van der Waals surface area contributed by atoms with Crippen LogP contribution < -0.4 is 5.56 Å². The van der Waals surface area contributed by atoms with E-state index >= 15 is 0 Å². The quantitative estimate of drug-likeness (QED) is 0.711. The van der Waals surface area contributed by atoms with Crippen LogP contribution in [0.2, 0.25) is 0 Å². The number of piperidine rings is 1. The molecule has 27 heavy (non-hydrogen) atoms. The van der Waals surface area contributed by atoms with Gasteiger partial charge in [0, 0.05) is 18.0 Å². The lowest BCUT2D eigenvalue weighted by Gasteiger charge is -2.38. The maximum absolute atomic E-state index is 12.7. The molecule has 0 spiro atoms. The van der Waals surface area contributed by atoms with Gasteiger partial charge in [-0.1, -0.05) is 18.2 Å². The summed E-state index contributed by atoms with van der Waals surface area (Å²) in [6.07, 6.45) is 5.20. The van der Waals surface area contributed by atoms with Crippen molar-refractivity contribution in [1.82, 2.24) is 14.5 Å². The van der Waals surface area contributed by atoms with E-state index in [0.29, 0.717) is 30.3 Å². The van der Waals surface area contributed by atoms with Crippen LogP contribution in [-0.4, -0.2) is 44.8 Å². The molecule has 1 aliphatic heterocycles. The van der Waals surface area contributed by atoms with Gasteiger partial charge in [-0.05, 0) is 55.8 Å². The Balaban J connectivity index is 1.34. The summed E-state index contributed by atoms with van der Waals surface area (Å²) in [6.45, 7) is 3.12. The van der Waals surface area contributed by atoms with Crippen molar-refractivity contribution in [2.75, 3.05) is 19.6 Å². The van der Waals surface area contributed by atoms with Crippen LogP contribution in [0.3, 0.4) is 0 Å². The highest BCUT2D eigenvalue weighted by atomic mass is 32.1. The molecule has 5 nitrogen and oxygen atoms in total. The monoisotopic (exact) mass is 383 g/mol. The van der Waals surface area contributed by atoms with Crippen LogP contribution in [0.1, 0.15) is 24.1 Å². The van der Waals surface area contributed by atoms with Crippen LogP contribution in [0, 0.1) is 0 Å². The normalized spacial score (nSPS) is 17.4. The molecule has 0 atom stereocenters. The fraction of sp³-hybridized carbons (Fsp3) is 0.429. The van der Waals surface area contributed by atoms with Gasteiger partial charge < -0.3 is 10.0 Å². The number of nitrogens with zero attached hydrogens (tertiary/aromatic N) is 3. The van der Waals surface area contributed by atoms with Gasteiger partial charge in [0.25, 0.3) is 5.56 Å². The second-order valence-electron chi connectivity index (χ2n) is 7.44. The summed E-state index contributed by atoms with van der Waals surface area (Å²) in [4.78, 5) is 20.9. The van der Waals surface area contributed by atoms with Crippen LogP contribution >= 0.6 is 11.3 Å². The number of benzene rings is 1. The third-order valence-corrected chi connectivity index (χ3v) is 6.40. The predicted molar refractivity (Wildman–Crippen MR) is 109 cm³/mol. The third-order valence-electron chi connectivity index (χ3n) is 5.46. The lowest BCUT2D eigenvalue weighted by molar-refractivity contribution is -0.0348. The van der Waals surface area contributed by atoms with Gasteiger partial charge in [0.2, 0.25) is 0 Å². The highest BCUT2D eigenvalue weighted by Crippen LogP contribution is 2.24. The Bertz CT molecular complexity index is 943. The molecular formula is C21H25N3O2S. The van der Waals surface area contributed by atoms with Gasteiger partial charge in [0.15, 0.2) is 0 Å². The van der Waals surface area contributed by atoms with Gasteiger partial charge >= 0.3 is 0 Å². The number of para-hydroxylation sites is 1. The fourth-order valence-electron chi connectivity index (χ4n) is 3.82. The number of thiophene rings is 1. The molecule has 1 aromatic carbocycles. The highest BCUT2D eigenvalue weighted by molar-refractivity contribution is 7.09. The largest absolute Gasteiger partial charge is 0.388 e. The highest BCUT2D eigenvalue weighted by Gasteiger charge is 2.32. The SMILES string of the molecule is O=c1c2ccccc2ncn1CC1(O)CCN(CCCc2cccs2)CC1. The van der Waals surface area contributed by atoms with Crippen LogP contribution in [0.15, 0.2) is 52.9 Å². The number of aliphatic hydroxyl groups is 1. The van der Waals surface area contributed by atoms with Crippen molar-refractivity contribution in [3.8, 4) is 0 Å². The predicted octanol–water partition coefficient (Wildman–Crippen LogP) is 2.92. The zero-order chi connectivity index (χ0) is 18.7. The van der Waals surface area contributed by atoms with E-state index in [2.05, 4.69) is 27.4 Å². The maximum Gasteiger partial charge on any atom is 0.261 e. The van der Waals surface area contributed by atoms with Crippen LogP contribution in [-0.2, 0) is 13.0 Å². The van der Waals surface area contributed by atoms with Gasteiger partial charge in [-0.3, -0.25) is 9.36 Å². The minimum atomic E-state index is -0.835. The molecule has 0 unspecified atom stereocenters. The maximum atomic E-state index is 12.7. The molecule has 1 N–H and O–H groups in total. The minimum Gasteiger partial charge on any atom is -0.388 e. The van der Waals surface area contributed by atoms with E-state index in [4.69, 9.17) is 0 Å². The summed E-state index contributed by atoms with van der Waals surface area (Å²) >= 11 is 1.82. The molecule has 3 heterocycles. The molecule has 0 bridgehead atoms. The molecule has 0 radical (unpaired) electrons. The molecule has 142 valence electrons. The Morgan fingerprint density at radius 3 is 2.74 bits per heavy atom. The Morgan fingerprint density at radius 1 is 1.15 bits per heavy atom. The first-order valence-corrected chi connectivity index (χ1v) is 10.4. The van der Waals surface area contributed by atoms with Crippen molar-refractivity contribution in [2.45, 2.75) is 37.8 Å². The van der Waals surface area contributed by atoms with Gasteiger partial charge in [-0.2, -0.15) is 0 Å². The van der Waals surface area contributed by atoms with E-state index in [1.165, 1.54) is 4.88 Å². The molecule has 1 aliphatic rings. The topological polar surface area (TPSA) is 58.4 Å². The van der Waals surface area contributed by atoms with E-state index in [1.807, 2.05) is 29.5 Å². The zero-order valence-corrected chi connectivity index (χ0v) is 16.2. The van der Waals surface area contributed by atoms with Crippen molar-refractivity contribution in [3.05, 3.63) is 63.3 Å². The van der Waals surface area contributed by atoms with Crippen LogP contribution in [0.25, 0.3) is 10.9 Å². The molecular weight excluding hydrogens is 358 g/mol. The summed E-state index contributed by atoms with van der Waals surface area (Å²) < 4.78 is 1.56. The van der Waals surface area contributed by atoms with E-state index < -0.39 is 5.60 Å². The molecule has 1 saturated heterocycles. The number of aromatic nitrogens is 2. The average molecular weight is 384 g/mol. The number of likely N-dealkylation sites (tertiary alicyclic amines) is 1. The summed E-state index contributed by atoms with van der Waals surface area (Å²) in [6, 6.07) is 11.6. The average Bonchev–Trinajstić information content (AvgIpc) is 3.20. The van der Waals surface area contributed by atoms with E-state index in [0.717, 1.165) is 32.5 Å². The van der Waals surface area contributed by atoms with Crippen LogP contribution in [0.4, 0.5) is 0 Å². The minimum absolute atomic E-state index is 0.0765. The summed E-state index contributed by atoms with van der Waals surface area (Å²) in [5.74, 6) is 0. The Hall–Kier alpha value is -2.02. The Kier molecular flexibility index (Phi) is 5.38. The number of rotatable bonds is 6. The Labute approximate surface area is 162 Å². The molecule has 0 amide bonds. The molecule has 3 aromatic rings. The zero-order valence-electron chi connectivity index (χ0n) is 15.4. The van der Waals surface area contributed by atoms with Gasteiger partial charge in [-0.25, -0.2) is 4.98 Å². The first kappa shape index (κ1) is 18.3. The molecule has 1 fully saturated rings. The second kappa shape index (κ2) is 7.92. The van der Waals surface area contributed by atoms with Gasteiger partial charge in [-0.15, -0.1) is 11.3 Å². The molecule has 2 aromatic heterocycles. The van der Waals surface area contributed by atoms with Crippen molar-refractivity contribution in [2.24, 2.45) is 0 Å². The Morgan fingerprint density at radius 2 is 1.96 bits per heavy atom. The standard InChI is InChI=1S/C21H25N3O2S/c25-20-18-7-1-2-8-19(18)22-16-24(20)15-21(26)9-12-23(13-10-21)11-3-5-17-6-4-14-27-17/h1-2,4,6-8,14,16,26H,3,5,9-13,15H2. The molecule has 0 saturated carbocycles. The first-order chi connectivity index (χ1) is 13.1.